The lowest BCUT2D eigenvalue weighted by Crippen LogP contribution is -2.30. The molecule has 0 saturated carbocycles. The van der Waals surface area contributed by atoms with Crippen LogP contribution in [0.15, 0.2) is 0 Å². The maximum atomic E-state index is 11.4. The summed E-state index contributed by atoms with van der Waals surface area (Å²) in [5, 5.41) is 0. The summed E-state index contributed by atoms with van der Waals surface area (Å²) >= 11 is 0. The van der Waals surface area contributed by atoms with Crippen molar-refractivity contribution in [2.24, 2.45) is 11.7 Å². The maximum absolute atomic E-state index is 11.4. The van der Waals surface area contributed by atoms with Gasteiger partial charge in [0.2, 0.25) is 0 Å². The standard InChI is InChI=1S/C10H22N2O2S/c1-10(9-11)3-5-12-4-2-7-15(13,14)8-6-12/h10H,2-9,11H2,1H3. The minimum absolute atomic E-state index is 0.323. The zero-order valence-corrected chi connectivity index (χ0v) is 10.3. The van der Waals surface area contributed by atoms with Crippen LogP contribution in [-0.2, 0) is 9.84 Å². The van der Waals surface area contributed by atoms with Crippen LogP contribution < -0.4 is 5.73 Å². The summed E-state index contributed by atoms with van der Waals surface area (Å²) in [6, 6.07) is 0. The van der Waals surface area contributed by atoms with Gasteiger partial charge in [-0.15, -0.1) is 0 Å². The number of hydrogen-bond donors (Lipinski definition) is 1. The second kappa shape index (κ2) is 5.82. The molecule has 1 aliphatic heterocycles. The lowest BCUT2D eigenvalue weighted by molar-refractivity contribution is 0.274. The third-order valence-electron chi connectivity index (χ3n) is 2.99. The summed E-state index contributed by atoms with van der Waals surface area (Å²) in [5.41, 5.74) is 5.55. The minimum atomic E-state index is -2.76. The van der Waals surface area contributed by atoms with Gasteiger partial charge >= 0.3 is 0 Å². The Morgan fingerprint density at radius 1 is 1.33 bits per heavy atom. The first-order valence-corrected chi connectivity index (χ1v) is 7.48. The molecule has 0 aliphatic carbocycles. The predicted molar refractivity (Wildman–Crippen MR) is 62.5 cm³/mol. The lowest BCUT2D eigenvalue weighted by atomic mass is 10.1. The normalized spacial score (nSPS) is 24.7. The Bertz CT molecular complexity index is 277. The van der Waals surface area contributed by atoms with Crippen molar-refractivity contribution >= 4 is 9.84 Å². The van der Waals surface area contributed by atoms with Crippen molar-refractivity contribution in [3.8, 4) is 0 Å². The van der Waals surface area contributed by atoms with Crippen LogP contribution in [-0.4, -0.2) is 51.0 Å². The first-order valence-electron chi connectivity index (χ1n) is 5.66. The van der Waals surface area contributed by atoms with Crippen molar-refractivity contribution in [1.82, 2.24) is 4.90 Å². The molecule has 0 aromatic rings. The molecule has 5 heteroatoms. The first kappa shape index (κ1) is 12.9. The van der Waals surface area contributed by atoms with Crippen molar-refractivity contribution < 1.29 is 8.42 Å². The van der Waals surface area contributed by atoms with Crippen LogP contribution >= 0.6 is 0 Å². The highest BCUT2D eigenvalue weighted by Gasteiger charge is 2.18. The van der Waals surface area contributed by atoms with Gasteiger partial charge in [-0.25, -0.2) is 8.42 Å². The molecule has 1 aliphatic rings. The average molecular weight is 234 g/mol. The Morgan fingerprint density at radius 3 is 2.73 bits per heavy atom. The highest BCUT2D eigenvalue weighted by molar-refractivity contribution is 7.91. The fourth-order valence-electron chi connectivity index (χ4n) is 1.73. The molecule has 1 saturated heterocycles. The Morgan fingerprint density at radius 2 is 2.07 bits per heavy atom. The number of nitrogens with two attached hydrogens (primary N) is 1. The van der Waals surface area contributed by atoms with E-state index in [0.717, 1.165) is 25.9 Å². The Kier molecular flexibility index (Phi) is 5.02. The predicted octanol–water partition coefficient (Wildman–Crippen LogP) is 0.0918. The molecule has 0 aromatic carbocycles. The van der Waals surface area contributed by atoms with E-state index in [1.54, 1.807) is 0 Å². The van der Waals surface area contributed by atoms with Crippen LogP contribution in [0.2, 0.25) is 0 Å². The van der Waals surface area contributed by atoms with E-state index in [0.29, 0.717) is 30.5 Å². The van der Waals surface area contributed by atoms with Gasteiger partial charge < -0.3 is 10.6 Å². The van der Waals surface area contributed by atoms with Crippen molar-refractivity contribution in [2.75, 3.05) is 37.7 Å². The fraction of sp³-hybridized carbons (Fsp3) is 1.00. The third kappa shape index (κ3) is 4.95. The molecule has 0 aromatic heterocycles. The van der Waals surface area contributed by atoms with E-state index in [9.17, 15) is 8.42 Å². The molecule has 15 heavy (non-hydrogen) atoms. The number of nitrogens with zero attached hydrogens (tertiary/aromatic N) is 1. The van der Waals surface area contributed by atoms with Gasteiger partial charge in [0, 0.05) is 6.54 Å². The molecule has 0 spiro atoms. The summed E-state index contributed by atoms with van der Waals surface area (Å²) in [7, 11) is -2.76. The van der Waals surface area contributed by atoms with Gasteiger partial charge in [-0.3, -0.25) is 0 Å². The third-order valence-corrected chi connectivity index (χ3v) is 4.70. The van der Waals surface area contributed by atoms with Crippen LogP contribution in [0.4, 0.5) is 0 Å². The highest BCUT2D eigenvalue weighted by atomic mass is 32.2. The van der Waals surface area contributed by atoms with E-state index in [4.69, 9.17) is 5.73 Å². The molecule has 1 atom stereocenters. The number of rotatable bonds is 4. The van der Waals surface area contributed by atoms with Crippen LogP contribution in [0.25, 0.3) is 0 Å². The van der Waals surface area contributed by atoms with Crippen LogP contribution in [0.5, 0.6) is 0 Å². The van der Waals surface area contributed by atoms with Gasteiger partial charge in [-0.2, -0.15) is 0 Å². The van der Waals surface area contributed by atoms with Crippen LogP contribution in [0, 0.1) is 5.92 Å². The summed E-state index contributed by atoms with van der Waals surface area (Å²) in [6.07, 6.45) is 1.84. The largest absolute Gasteiger partial charge is 0.330 e. The van der Waals surface area contributed by atoms with Gasteiger partial charge in [0.1, 0.15) is 0 Å². The van der Waals surface area contributed by atoms with Crippen molar-refractivity contribution in [3.63, 3.8) is 0 Å². The first-order chi connectivity index (χ1) is 7.03. The Hall–Kier alpha value is -0.130. The molecule has 1 unspecified atom stereocenters. The molecular weight excluding hydrogens is 212 g/mol. The minimum Gasteiger partial charge on any atom is -0.330 e. The molecule has 0 bridgehead atoms. The van der Waals surface area contributed by atoms with Gasteiger partial charge in [0.05, 0.1) is 11.5 Å². The van der Waals surface area contributed by atoms with Gasteiger partial charge in [0.15, 0.2) is 9.84 Å². The average Bonchev–Trinajstić information content (AvgIpc) is 2.36. The van der Waals surface area contributed by atoms with Crippen LogP contribution in [0.1, 0.15) is 19.8 Å². The van der Waals surface area contributed by atoms with E-state index in [2.05, 4.69) is 11.8 Å². The lowest BCUT2D eigenvalue weighted by Gasteiger charge is -2.20. The molecular formula is C10H22N2O2S. The molecule has 4 nitrogen and oxygen atoms in total. The Labute approximate surface area is 92.7 Å². The van der Waals surface area contributed by atoms with E-state index in [1.165, 1.54) is 0 Å². The summed E-state index contributed by atoms with van der Waals surface area (Å²) in [6.45, 7) is 5.44. The number of sulfone groups is 1. The molecule has 0 amide bonds. The molecule has 1 heterocycles. The van der Waals surface area contributed by atoms with E-state index in [1.807, 2.05) is 0 Å². The van der Waals surface area contributed by atoms with E-state index >= 15 is 0 Å². The molecule has 90 valence electrons. The van der Waals surface area contributed by atoms with Gasteiger partial charge in [-0.1, -0.05) is 6.92 Å². The van der Waals surface area contributed by atoms with Gasteiger partial charge in [0.25, 0.3) is 0 Å². The van der Waals surface area contributed by atoms with Crippen molar-refractivity contribution in [2.45, 2.75) is 19.8 Å². The molecule has 1 rings (SSSR count). The van der Waals surface area contributed by atoms with E-state index < -0.39 is 9.84 Å². The monoisotopic (exact) mass is 234 g/mol. The fourth-order valence-corrected chi connectivity index (χ4v) is 3.04. The smallest absolute Gasteiger partial charge is 0.151 e. The molecule has 1 fully saturated rings. The van der Waals surface area contributed by atoms with Crippen LogP contribution in [0.3, 0.4) is 0 Å². The summed E-state index contributed by atoms with van der Waals surface area (Å²) in [4.78, 5) is 2.25. The number of hydrogen-bond acceptors (Lipinski definition) is 4. The summed E-state index contributed by atoms with van der Waals surface area (Å²) < 4.78 is 22.7. The topological polar surface area (TPSA) is 63.4 Å². The zero-order valence-electron chi connectivity index (χ0n) is 9.48. The van der Waals surface area contributed by atoms with Gasteiger partial charge in [-0.05, 0) is 38.4 Å². The molecule has 0 radical (unpaired) electrons. The summed E-state index contributed by atoms with van der Waals surface area (Å²) in [5.74, 6) is 1.21. The second-order valence-electron chi connectivity index (χ2n) is 4.48. The van der Waals surface area contributed by atoms with E-state index in [-0.39, 0.29) is 0 Å². The quantitative estimate of drug-likeness (QED) is 0.749. The highest BCUT2D eigenvalue weighted by Crippen LogP contribution is 2.07. The maximum Gasteiger partial charge on any atom is 0.151 e. The molecule has 2 N–H and O–H groups in total. The second-order valence-corrected chi connectivity index (χ2v) is 6.78. The Balaban J connectivity index is 2.32. The SMILES string of the molecule is CC(CN)CCN1CCCS(=O)(=O)CC1. The van der Waals surface area contributed by atoms with Crippen molar-refractivity contribution in [1.29, 1.82) is 0 Å². The zero-order chi connectivity index (χ0) is 11.3. The van der Waals surface area contributed by atoms with Crippen molar-refractivity contribution in [3.05, 3.63) is 0 Å².